The van der Waals surface area contributed by atoms with Crippen LogP contribution in [0.1, 0.15) is 35.8 Å². The molecule has 0 saturated heterocycles. The first-order chi connectivity index (χ1) is 7.65. The fourth-order valence-electron chi connectivity index (χ4n) is 1.41. The zero-order chi connectivity index (χ0) is 11.5. The van der Waals surface area contributed by atoms with E-state index < -0.39 is 0 Å². The van der Waals surface area contributed by atoms with Crippen molar-refractivity contribution in [1.82, 2.24) is 10.1 Å². The van der Waals surface area contributed by atoms with Gasteiger partial charge in [0, 0.05) is 6.42 Å². The minimum atomic E-state index is -0.209. The smallest absolute Gasteiger partial charge is 0.243 e. The molecule has 1 aromatic carbocycles. The monoisotopic (exact) mass is 217 g/mol. The third-order valence-corrected chi connectivity index (χ3v) is 2.36. The fraction of sp³-hybridized carbons (Fsp3) is 0.333. The van der Waals surface area contributed by atoms with E-state index in [1.54, 1.807) is 0 Å². The molecule has 0 fully saturated rings. The standard InChI is InChI=1S/C12H15N3O/c1-8-3-5-10(6-4-8)7-11-14-12(9(2)13)16-15-11/h3-6,9H,7,13H2,1-2H3/t9-/m1/s1. The first-order valence-corrected chi connectivity index (χ1v) is 5.29. The van der Waals surface area contributed by atoms with E-state index in [2.05, 4.69) is 41.3 Å². The van der Waals surface area contributed by atoms with Crippen molar-refractivity contribution in [1.29, 1.82) is 0 Å². The average molecular weight is 217 g/mol. The number of aromatic nitrogens is 2. The molecule has 0 aliphatic carbocycles. The van der Waals surface area contributed by atoms with Crippen LogP contribution in [-0.4, -0.2) is 10.1 Å². The Balaban J connectivity index is 2.11. The maximum absolute atomic E-state index is 5.64. The van der Waals surface area contributed by atoms with Crippen molar-refractivity contribution in [3.05, 3.63) is 47.1 Å². The molecule has 0 aliphatic rings. The van der Waals surface area contributed by atoms with E-state index in [1.807, 2.05) is 6.92 Å². The lowest BCUT2D eigenvalue weighted by molar-refractivity contribution is 0.358. The number of hydrogen-bond acceptors (Lipinski definition) is 4. The molecular formula is C12H15N3O. The second-order valence-electron chi connectivity index (χ2n) is 4.00. The molecule has 0 unspecified atom stereocenters. The minimum absolute atomic E-state index is 0.209. The Morgan fingerprint density at radius 1 is 1.31 bits per heavy atom. The van der Waals surface area contributed by atoms with E-state index in [0.29, 0.717) is 18.1 Å². The van der Waals surface area contributed by atoms with Crippen LogP contribution in [0, 0.1) is 6.92 Å². The molecule has 1 aromatic heterocycles. The van der Waals surface area contributed by atoms with E-state index in [-0.39, 0.29) is 6.04 Å². The molecule has 0 radical (unpaired) electrons. The maximum atomic E-state index is 5.64. The number of nitrogens with two attached hydrogens (primary N) is 1. The highest BCUT2D eigenvalue weighted by Crippen LogP contribution is 2.11. The molecule has 1 atom stereocenters. The molecule has 2 N–H and O–H groups in total. The first kappa shape index (κ1) is 10.8. The van der Waals surface area contributed by atoms with E-state index in [1.165, 1.54) is 11.1 Å². The highest BCUT2D eigenvalue weighted by Gasteiger charge is 2.10. The Bertz CT molecular complexity index is 459. The summed E-state index contributed by atoms with van der Waals surface area (Å²) < 4.78 is 5.04. The van der Waals surface area contributed by atoms with E-state index in [0.717, 1.165) is 0 Å². The third-order valence-electron chi connectivity index (χ3n) is 2.36. The van der Waals surface area contributed by atoms with Gasteiger partial charge in [-0.3, -0.25) is 0 Å². The average Bonchev–Trinajstić information content (AvgIpc) is 2.70. The van der Waals surface area contributed by atoms with Gasteiger partial charge in [0.25, 0.3) is 0 Å². The number of hydrogen-bond donors (Lipinski definition) is 1. The molecule has 4 heteroatoms. The molecule has 1 heterocycles. The van der Waals surface area contributed by atoms with Gasteiger partial charge in [0.1, 0.15) is 0 Å². The van der Waals surface area contributed by atoms with Crippen molar-refractivity contribution in [2.75, 3.05) is 0 Å². The van der Waals surface area contributed by atoms with Gasteiger partial charge in [-0.25, -0.2) is 0 Å². The maximum Gasteiger partial charge on any atom is 0.243 e. The van der Waals surface area contributed by atoms with Gasteiger partial charge in [0.2, 0.25) is 5.89 Å². The SMILES string of the molecule is Cc1ccc(Cc2noc([C@@H](C)N)n2)cc1. The van der Waals surface area contributed by atoms with Gasteiger partial charge >= 0.3 is 0 Å². The van der Waals surface area contributed by atoms with Crippen LogP contribution in [0.4, 0.5) is 0 Å². The third kappa shape index (κ3) is 2.46. The van der Waals surface area contributed by atoms with Crippen LogP contribution in [0.5, 0.6) is 0 Å². The second-order valence-corrected chi connectivity index (χ2v) is 4.00. The van der Waals surface area contributed by atoms with Crippen LogP contribution >= 0.6 is 0 Å². The molecule has 84 valence electrons. The summed E-state index contributed by atoms with van der Waals surface area (Å²) in [5.41, 5.74) is 8.06. The van der Waals surface area contributed by atoms with Gasteiger partial charge in [-0.2, -0.15) is 4.98 Å². The molecule has 0 saturated carbocycles. The van der Waals surface area contributed by atoms with Gasteiger partial charge in [-0.1, -0.05) is 35.0 Å². The summed E-state index contributed by atoms with van der Waals surface area (Å²) in [4.78, 5) is 4.22. The van der Waals surface area contributed by atoms with Gasteiger partial charge in [-0.15, -0.1) is 0 Å². The van der Waals surface area contributed by atoms with Gasteiger partial charge < -0.3 is 10.3 Å². The normalized spacial score (nSPS) is 12.7. The van der Waals surface area contributed by atoms with Crippen molar-refractivity contribution in [3.63, 3.8) is 0 Å². The summed E-state index contributed by atoms with van der Waals surface area (Å²) in [5, 5.41) is 3.89. The van der Waals surface area contributed by atoms with Gasteiger partial charge in [0.15, 0.2) is 5.82 Å². The van der Waals surface area contributed by atoms with Crippen LogP contribution < -0.4 is 5.73 Å². The first-order valence-electron chi connectivity index (χ1n) is 5.29. The van der Waals surface area contributed by atoms with E-state index in [9.17, 15) is 0 Å². The number of aryl methyl sites for hydroxylation is 1. The predicted octanol–water partition coefficient (Wildman–Crippen LogP) is 1.99. The fourth-order valence-corrected chi connectivity index (χ4v) is 1.41. The molecule has 4 nitrogen and oxygen atoms in total. The molecular weight excluding hydrogens is 202 g/mol. The van der Waals surface area contributed by atoms with Crippen molar-refractivity contribution in [2.24, 2.45) is 5.73 Å². The molecule has 0 amide bonds. The van der Waals surface area contributed by atoms with Crippen LogP contribution in [-0.2, 0) is 6.42 Å². The summed E-state index contributed by atoms with van der Waals surface area (Å²) in [6.45, 7) is 3.88. The lowest BCUT2D eigenvalue weighted by Gasteiger charge is -1.97. The van der Waals surface area contributed by atoms with Crippen LogP contribution in [0.2, 0.25) is 0 Å². The Morgan fingerprint density at radius 2 is 2.00 bits per heavy atom. The predicted molar refractivity (Wildman–Crippen MR) is 60.9 cm³/mol. The Kier molecular flexibility index (Phi) is 3.01. The Labute approximate surface area is 94.5 Å². The lowest BCUT2D eigenvalue weighted by Crippen LogP contribution is -2.05. The van der Waals surface area contributed by atoms with Gasteiger partial charge in [0.05, 0.1) is 6.04 Å². The molecule has 0 bridgehead atoms. The summed E-state index contributed by atoms with van der Waals surface area (Å²) >= 11 is 0. The van der Waals surface area contributed by atoms with Crippen molar-refractivity contribution < 1.29 is 4.52 Å². The Morgan fingerprint density at radius 3 is 2.56 bits per heavy atom. The summed E-state index contributed by atoms with van der Waals surface area (Å²) in [6, 6.07) is 8.07. The number of rotatable bonds is 3. The van der Waals surface area contributed by atoms with E-state index >= 15 is 0 Å². The van der Waals surface area contributed by atoms with Crippen LogP contribution in [0.25, 0.3) is 0 Å². The lowest BCUT2D eigenvalue weighted by atomic mass is 10.1. The Hall–Kier alpha value is -1.68. The molecule has 0 aliphatic heterocycles. The number of nitrogens with zero attached hydrogens (tertiary/aromatic N) is 2. The van der Waals surface area contributed by atoms with Crippen molar-refractivity contribution in [3.8, 4) is 0 Å². The van der Waals surface area contributed by atoms with Crippen LogP contribution in [0.15, 0.2) is 28.8 Å². The zero-order valence-electron chi connectivity index (χ0n) is 9.47. The highest BCUT2D eigenvalue weighted by molar-refractivity contribution is 5.23. The van der Waals surface area contributed by atoms with Crippen molar-refractivity contribution >= 4 is 0 Å². The minimum Gasteiger partial charge on any atom is -0.338 e. The second kappa shape index (κ2) is 4.45. The highest BCUT2D eigenvalue weighted by atomic mass is 16.5. The van der Waals surface area contributed by atoms with E-state index in [4.69, 9.17) is 10.3 Å². The van der Waals surface area contributed by atoms with Gasteiger partial charge in [-0.05, 0) is 19.4 Å². The van der Waals surface area contributed by atoms with Crippen LogP contribution in [0.3, 0.4) is 0 Å². The van der Waals surface area contributed by atoms with Crippen molar-refractivity contribution in [2.45, 2.75) is 26.3 Å². The largest absolute Gasteiger partial charge is 0.338 e. The quantitative estimate of drug-likeness (QED) is 0.853. The molecule has 2 aromatic rings. The summed E-state index contributed by atoms with van der Waals surface area (Å²) in [6.07, 6.45) is 0.677. The summed E-state index contributed by atoms with van der Waals surface area (Å²) in [7, 11) is 0. The molecule has 2 rings (SSSR count). The molecule has 16 heavy (non-hydrogen) atoms. The summed E-state index contributed by atoms with van der Waals surface area (Å²) in [5.74, 6) is 1.17. The molecule has 0 spiro atoms. The zero-order valence-corrected chi connectivity index (χ0v) is 9.47. The topological polar surface area (TPSA) is 64.9 Å². The number of benzene rings is 1.